The topological polar surface area (TPSA) is 46.0 Å². The molecule has 1 aliphatic rings. The molecule has 2 aromatic heterocycles. The second-order valence-electron chi connectivity index (χ2n) is 5.03. The van der Waals surface area contributed by atoms with E-state index in [0.717, 1.165) is 30.7 Å². The normalized spacial score (nSPS) is 20.2. The molecule has 3 heterocycles. The molecule has 1 N–H and O–H groups in total. The van der Waals surface area contributed by atoms with Crippen LogP contribution < -0.4 is 5.32 Å². The van der Waals surface area contributed by atoms with E-state index < -0.39 is 0 Å². The molecule has 3 rings (SSSR count). The summed E-state index contributed by atoms with van der Waals surface area (Å²) in [5.41, 5.74) is 2.52. The number of rotatable bonds is 3. The maximum absolute atomic E-state index is 4.30. The zero-order chi connectivity index (χ0) is 13.9. The first kappa shape index (κ1) is 13.7. The summed E-state index contributed by atoms with van der Waals surface area (Å²) in [6, 6.07) is 4.58. The van der Waals surface area contributed by atoms with Crippen molar-refractivity contribution in [3.8, 4) is 0 Å². The van der Waals surface area contributed by atoms with Crippen LogP contribution >= 0.6 is 15.9 Å². The molecular weight excluding hydrogens is 318 g/mol. The van der Waals surface area contributed by atoms with Gasteiger partial charge in [0.05, 0.1) is 16.4 Å². The molecule has 0 amide bonds. The number of nitrogens with one attached hydrogen (secondary N) is 1. The molecular formula is C14H18BrN5. The van der Waals surface area contributed by atoms with Crippen LogP contribution in [0.5, 0.6) is 0 Å². The van der Waals surface area contributed by atoms with Gasteiger partial charge in [0.25, 0.3) is 0 Å². The van der Waals surface area contributed by atoms with Gasteiger partial charge < -0.3 is 5.32 Å². The third kappa shape index (κ3) is 2.77. The van der Waals surface area contributed by atoms with Gasteiger partial charge >= 0.3 is 0 Å². The molecule has 0 aromatic carbocycles. The summed E-state index contributed by atoms with van der Waals surface area (Å²) in [4.78, 5) is 6.60. The van der Waals surface area contributed by atoms with E-state index in [1.165, 1.54) is 11.3 Å². The van der Waals surface area contributed by atoms with Gasteiger partial charge in [-0.05, 0) is 33.6 Å². The molecule has 20 heavy (non-hydrogen) atoms. The first-order valence-electron chi connectivity index (χ1n) is 6.77. The Balaban J connectivity index is 1.83. The van der Waals surface area contributed by atoms with Crippen LogP contribution in [-0.2, 0) is 13.6 Å². The van der Waals surface area contributed by atoms with E-state index in [2.05, 4.69) is 48.4 Å². The van der Waals surface area contributed by atoms with Crippen LogP contribution in [-0.4, -0.2) is 39.3 Å². The number of aromatic nitrogens is 3. The lowest BCUT2D eigenvalue weighted by atomic mass is 10.0. The highest BCUT2D eigenvalue weighted by Crippen LogP contribution is 2.25. The number of pyridine rings is 1. The van der Waals surface area contributed by atoms with Gasteiger partial charge in [-0.15, -0.1) is 0 Å². The van der Waals surface area contributed by atoms with Gasteiger partial charge in [-0.1, -0.05) is 0 Å². The van der Waals surface area contributed by atoms with Crippen LogP contribution in [0.15, 0.2) is 35.2 Å². The molecule has 1 saturated heterocycles. The number of halogens is 1. The largest absolute Gasteiger partial charge is 0.314 e. The third-order valence-electron chi connectivity index (χ3n) is 3.81. The maximum Gasteiger partial charge on any atom is 0.0663 e. The Hall–Kier alpha value is -1.24. The summed E-state index contributed by atoms with van der Waals surface area (Å²) in [5.74, 6) is 0. The highest BCUT2D eigenvalue weighted by molar-refractivity contribution is 9.10. The summed E-state index contributed by atoms with van der Waals surface area (Å²) in [7, 11) is 1.99. The summed E-state index contributed by atoms with van der Waals surface area (Å²) in [6.07, 6.45) is 5.59. The molecule has 106 valence electrons. The van der Waals surface area contributed by atoms with Crippen molar-refractivity contribution >= 4 is 15.9 Å². The van der Waals surface area contributed by atoms with Crippen LogP contribution in [0.3, 0.4) is 0 Å². The average Bonchev–Trinajstić information content (AvgIpc) is 2.81. The monoisotopic (exact) mass is 335 g/mol. The first-order valence-corrected chi connectivity index (χ1v) is 7.56. The Morgan fingerprint density at radius 3 is 2.90 bits per heavy atom. The Labute approximate surface area is 127 Å². The van der Waals surface area contributed by atoms with Crippen molar-refractivity contribution in [1.82, 2.24) is 25.0 Å². The van der Waals surface area contributed by atoms with Crippen molar-refractivity contribution in [2.24, 2.45) is 7.05 Å². The van der Waals surface area contributed by atoms with Crippen LogP contribution in [0, 0.1) is 0 Å². The summed E-state index contributed by atoms with van der Waals surface area (Å²) in [6.45, 7) is 3.92. The van der Waals surface area contributed by atoms with Gasteiger partial charge in [-0.3, -0.25) is 14.6 Å². The molecule has 1 atom stereocenters. The lowest BCUT2D eigenvalue weighted by Crippen LogP contribution is -2.45. The smallest absolute Gasteiger partial charge is 0.0663 e. The molecule has 0 spiro atoms. The molecule has 5 nitrogen and oxygen atoms in total. The van der Waals surface area contributed by atoms with Crippen molar-refractivity contribution in [2.45, 2.75) is 12.6 Å². The van der Waals surface area contributed by atoms with Crippen molar-refractivity contribution in [1.29, 1.82) is 0 Å². The molecule has 0 radical (unpaired) electrons. The van der Waals surface area contributed by atoms with E-state index >= 15 is 0 Å². The molecule has 1 fully saturated rings. The van der Waals surface area contributed by atoms with E-state index in [9.17, 15) is 0 Å². The highest BCUT2D eigenvalue weighted by Gasteiger charge is 2.25. The summed E-state index contributed by atoms with van der Waals surface area (Å²) < 4.78 is 3.02. The number of piperazine rings is 1. The van der Waals surface area contributed by atoms with Gasteiger partial charge in [0.2, 0.25) is 0 Å². The highest BCUT2D eigenvalue weighted by atomic mass is 79.9. The Morgan fingerprint density at radius 2 is 2.20 bits per heavy atom. The van der Waals surface area contributed by atoms with Crippen LogP contribution in [0.1, 0.15) is 17.3 Å². The van der Waals surface area contributed by atoms with Gasteiger partial charge in [-0.2, -0.15) is 5.10 Å². The third-order valence-corrected chi connectivity index (χ3v) is 4.47. The van der Waals surface area contributed by atoms with E-state index in [1.54, 1.807) is 0 Å². The number of aryl methyl sites for hydroxylation is 1. The predicted molar refractivity (Wildman–Crippen MR) is 81.2 cm³/mol. The van der Waals surface area contributed by atoms with Crippen molar-refractivity contribution in [3.05, 3.63) is 46.5 Å². The quantitative estimate of drug-likeness (QED) is 0.927. The fraction of sp³-hybridized carbons (Fsp3) is 0.429. The Kier molecular flexibility index (Phi) is 4.14. The SMILES string of the molecule is Cn1ncc(Br)c1CN1CCNCC1c1ccncc1. The van der Waals surface area contributed by atoms with Crippen molar-refractivity contribution in [3.63, 3.8) is 0 Å². The van der Waals surface area contributed by atoms with Crippen molar-refractivity contribution in [2.75, 3.05) is 19.6 Å². The minimum Gasteiger partial charge on any atom is -0.314 e. The fourth-order valence-corrected chi connectivity index (χ4v) is 3.13. The lowest BCUT2D eigenvalue weighted by Gasteiger charge is -2.36. The lowest BCUT2D eigenvalue weighted by molar-refractivity contribution is 0.149. The van der Waals surface area contributed by atoms with Gasteiger partial charge in [0.15, 0.2) is 0 Å². The average molecular weight is 336 g/mol. The van der Waals surface area contributed by atoms with Crippen LogP contribution in [0.2, 0.25) is 0 Å². The second-order valence-corrected chi connectivity index (χ2v) is 5.89. The minimum absolute atomic E-state index is 0.383. The first-order chi connectivity index (χ1) is 9.75. The van der Waals surface area contributed by atoms with E-state index in [-0.39, 0.29) is 0 Å². The fourth-order valence-electron chi connectivity index (χ4n) is 2.66. The number of nitrogens with zero attached hydrogens (tertiary/aromatic N) is 4. The Morgan fingerprint density at radius 1 is 1.40 bits per heavy atom. The van der Waals surface area contributed by atoms with Crippen LogP contribution in [0.4, 0.5) is 0 Å². The standard InChI is InChI=1S/C14H18BrN5/c1-19-14(12(15)8-18-19)10-20-7-6-17-9-13(20)11-2-4-16-5-3-11/h2-5,8,13,17H,6-7,9-10H2,1H3. The molecule has 0 saturated carbocycles. The zero-order valence-corrected chi connectivity index (χ0v) is 13.0. The molecule has 0 bridgehead atoms. The molecule has 0 aliphatic carbocycles. The number of hydrogen-bond donors (Lipinski definition) is 1. The van der Waals surface area contributed by atoms with E-state index in [4.69, 9.17) is 0 Å². The van der Waals surface area contributed by atoms with Crippen LogP contribution in [0.25, 0.3) is 0 Å². The molecule has 1 unspecified atom stereocenters. The zero-order valence-electron chi connectivity index (χ0n) is 11.5. The minimum atomic E-state index is 0.383. The second kappa shape index (κ2) is 6.03. The number of hydrogen-bond acceptors (Lipinski definition) is 4. The molecule has 1 aliphatic heterocycles. The maximum atomic E-state index is 4.30. The van der Waals surface area contributed by atoms with E-state index in [0.29, 0.717) is 6.04 Å². The van der Waals surface area contributed by atoms with Crippen molar-refractivity contribution < 1.29 is 0 Å². The van der Waals surface area contributed by atoms with Gasteiger partial charge in [-0.25, -0.2) is 0 Å². The summed E-state index contributed by atoms with van der Waals surface area (Å²) >= 11 is 3.58. The predicted octanol–water partition coefficient (Wildman–Crippen LogP) is 1.72. The van der Waals surface area contributed by atoms with Gasteiger partial charge in [0.1, 0.15) is 0 Å². The Bertz CT molecular complexity index is 549. The van der Waals surface area contributed by atoms with E-state index in [1.807, 2.05) is 30.3 Å². The molecule has 6 heteroatoms. The molecule has 2 aromatic rings. The van der Waals surface area contributed by atoms with Gasteiger partial charge in [0, 0.05) is 51.7 Å². The summed E-state index contributed by atoms with van der Waals surface area (Å²) in [5, 5.41) is 7.77.